The molecule has 3 aromatic heterocycles. The molecule has 1 aromatic carbocycles. The van der Waals surface area contributed by atoms with Crippen LogP contribution in [0.25, 0.3) is 33.6 Å². The molecule has 3 aliphatic rings. The summed E-state index contributed by atoms with van der Waals surface area (Å²) in [6, 6.07) is 10.8. The molecule has 3 fully saturated rings. The van der Waals surface area contributed by atoms with Crippen LogP contribution in [0.5, 0.6) is 0 Å². The average Bonchev–Trinajstić information content (AvgIpc) is 3.87. The Balaban J connectivity index is 1.35. The van der Waals surface area contributed by atoms with Crippen molar-refractivity contribution in [3.05, 3.63) is 42.0 Å². The van der Waals surface area contributed by atoms with E-state index < -0.39 is 16.6 Å². The van der Waals surface area contributed by atoms with Gasteiger partial charge in [0, 0.05) is 42.7 Å². The Morgan fingerprint density at radius 2 is 1.88 bits per heavy atom. The molecule has 2 saturated carbocycles. The van der Waals surface area contributed by atoms with Gasteiger partial charge in [-0.1, -0.05) is 0 Å². The highest BCUT2D eigenvalue weighted by molar-refractivity contribution is 7.92. The molecule has 42 heavy (non-hydrogen) atoms. The van der Waals surface area contributed by atoms with E-state index in [4.69, 9.17) is 10.7 Å². The molecule has 4 heterocycles. The average molecular weight is 598 g/mol. The van der Waals surface area contributed by atoms with Crippen LogP contribution in [-0.4, -0.2) is 70.3 Å². The van der Waals surface area contributed by atoms with E-state index in [-0.39, 0.29) is 28.1 Å². The van der Waals surface area contributed by atoms with Crippen LogP contribution >= 0.6 is 0 Å². The van der Waals surface area contributed by atoms with Gasteiger partial charge < -0.3 is 19.8 Å². The van der Waals surface area contributed by atoms with Gasteiger partial charge in [-0.3, -0.25) is 4.79 Å². The summed E-state index contributed by atoms with van der Waals surface area (Å²) in [4.78, 5) is 24.6. The molecule has 2 aliphatic carbocycles. The molecular formula is C29H33F2N7O3S. The Bertz CT molecular complexity index is 1810. The third-order valence-electron chi connectivity index (χ3n) is 8.45. The number of anilines is 1. The number of halogens is 2. The summed E-state index contributed by atoms with van der Waals surface area (Å²) in [7, 11) is -4.25. The van der Waals surface area contributed by atoms with Crippen molar-refractivity contribution in [2.24, 2.45) is 11.7 Å². The summed E-state index contributed by atoms with van der Waals surface area (Å²) in [6.07, 6.45) is 6.66. The van der Waals surface area contributed by atoms with Crippen molar-refractivity contribution < 1.29 is 22.0 Å². The summed E-state index contributed by atoms with van der Waals surface area (Å²) in [5.41, 5.74) is 9.56. The van der Waals surface area contributed by atoms with E-state index >= 15 is 0 Å². The quantitative estimate of drug-likeness (QED) is 0.302. The highest BCUT2D eigenvalue weighted by atomic mass is 32.2. The molecule has 7 rings (SSSR count). The number of fused-ring (bicyclic) bond motifs is 2. The zero-order valence-electron chi connectivity index (χ0n) is 23.3. The number of carbonyl (C=O) groups excluding carboxylic acids is 1. The maximum absolute atomic E-state index is 13.8. The number of hydrogen-bond acceptors (Lipinski definition) is 6. The Morgan fingerprint density at radius 3 is 2.55 bits per heavy atom. The third kappa shape index (κ3) is 4.91. The molecule has 1 atom stereocenters. The normalized spacial score (nSPS) is 19.7. The van der Waals surface area contributed by atoms with E-state index in [1.54, 1.807) is 6.07 Å². The first-order chi connectivity index (χ1) is 20.1. The number of aromatic nitrogens is 4. The second kappa shape index (κ2) is 10.0. The van der Waals surface area contributed by atoms with Gasteiger partial charge in [0.05, 0.1) is 23.0 Å². The fourth-order valence-electron chi connectivity index (χ4n) is 6.08. The molecule has 0 radical (unpaired) electrons. The number of carbonyl (C=O) groups is 1. The molecule has 1 saturated heterocycles. The van der Waals surface area contributed by atoms with Crippen molar-refractivity contribution in [2.75, 3.05) is 23.7 Å². The molecule has 1 amide bonds. The van der Waals surface area contributed by atoms with E-state index in [2.05, 4.69) is 9.55 Å². The van der Waals surface area contributed by atoms with Crippen molar-refractivity contribution in [2.45, 2.75) is 63.7 Å². The molecule has 1 aliphatic heterocycles. The summed E-state index contributed by atoms with van der Waals surface area (Å²) < 4.78 is 56.2. The second-order valence-electron chi connectivity index (χ2n) is 11.9. The van der Waals surface area contributed by atoms with Crippen LogP contribution in [0.2, 0.25) is 0 Å². The van der Waals surface area contributed by atoms with Crippen molar-refractivity contribution in [1.29, 1.82) is 0 Å². The van der Waals surface area contributed by atoms with E-state index in [0.29, 0.717) is 47.7 Å². The van der Waals surface area contributed by atoms with Crippen LogP contribution in [0.15, 0.2) is 36.4 Å². The third-order valence-corrected chi connectivity index (χ3v) is 9.51. The van der Waals surface area contributed by atoms with Gasteiger partial charge in [0.15, 0.2) is 5.82 Å². The van der Waals surface area contributed by atoms with Crippen LogP contribution in [-0.2, 0) is 16.6 Å². The van der Waals surface area contributed by atoms with Gasteiger partial charge in [0.1, 0.15) is 11.5 Å². The lowest BCUT2D eigenvalue weighted by Crippen LogP contribution is -2.45. The number of amides is 1. The largest absolute Gasteiger partial charge is 0.337 e. The van der Waals surface area contributed by atoms with Crippen LogP contribution in [0.4, 0.5) is 14.6 Å². The smallest absolute Gasteiger partial charge is 0.329 e. The minimum atomic E-state index is -4.25. The minimum absolute atomic E-state index is 0.0140. The Labute approximate surface area is 242 Å². The van der Waals surface area contributed by atoms with Gasteiger partial charge in [-0.2, -0.15) is 13.1 Å². The molecule has 2 N–H and O–H groups in total. The first-order valence-electron chi connectivity index (χ1n) is 14.4. The molecule has 4 aromatic rings. The Hall–Kier alpha value is -3.58. The Morgan fingerprint density at radius 1 is 1.10 bits per heavy atom. The lowest BCUT2D eigenvalue weighted by Gasteiger charge is -2.30. The molecule has 0 bridgehead atoms. The van der Waals surface area contributed by atoms with E-state index in [1.807, 2.05) is 33.7 Å². The fourth-order valence-corrected chi connectivity index (χ4v) is 6.81. The predicted molar refractivity (Wildman–Crippen MR) is 156 cm³/mol. The van der Waals surface area contributed by atoms with Gasteiger partial charge in [0.25, 0.3) is 5.91 Å². The number of imidazole rings is 1. The Kier molecular flexibility index (Phi) is 6.50. The number of pyridine rings is 1. The minimum Gasteiger partial charge on any atom is -0.337 e. The van der Waals surface area contributed by atoms with Crippen molar-refractivity contribution in [3.8, 4) is 11.5 Å². The summed E-state index contributed by atoms with van der Waals surface area (Å²) in [6.45, 7) is -1.41. The second-order valence-corrected chi connectivity index (χ2v) is 13.8. The maximum atomic E-state index is 13.8. The van der Waals surface area contributed by atoms with Gasteiger partial charge in [-0.15, -0.1) is 0 Å². The van der Waals surface area contributed by atoms with Gasteiger partial charge in [-0.25, -0.2) is 18.4 Å². The van der Waals surface area contributed by atoms with Crippen LogP contribution < -0.4 is 10.0 Å². The number of nitrogens with zero attached hydrogens (tertiary/aromatic N) is 6. The van der Waals surface area contributed by atoms with Crippen molar-refractivity contribution in [3.63, 3.8) is 0 Å². The molecule has 0 spiro atoms. The monoisotopic (exact) mass is 597 g/mol. The predicted octanol–water partition coefficient (Wildman–Crippen LogP) is 4.35. The standard InChI is InChI=1S/C29H33F2N7O3S/c1-42(40,41)38(29(30)31)25-11-7-18-14-24(36(26(18)34-25)15-17-4-5-17)27-33-22-13-19(6-10-23(22)37(27)21-8-9-21)28(39)35-12-2-3-20(32)16-35/h6-7,10-11,13-14,17,20-21,29H,2-5,8-9,12,15-16,32H2,1H3/t20-/m1/s1. The lowest BCUT2D eigenvalue weighted by atomic mass is 10.1. The number of nitrogens with two attached hydrogens (primary N) is 1. The van der Waals surface area contributed by atoms with Gasteiger partial charge in [-0.05, 0) is 80.8 Å². The highest BCUT2D eigenvalue weighted by Crippen LogP contribution is 2.43. The fraction of sp³-hybridized carbons (Fsp3) is 0.483. The molecule has 222 valence electrons. The number of piperidine rings is 1. The van der Waals surface area contributed by atoms with Gasteiger partial charge >= 0.3 is 6.55 Å². The summed E-state index contributed by atoms with van der Waals surface area (Å²) in [5.74, 6) is 0.775. The van der Waals surface area contributed by atoms with E-state index in [1.165, 1.54) is 6.07 Å². The summed E-state index contributed by atoms with van der Waals surface area (Å²) in [5, 5.41) is 0.712. The van der Waals surface area contributed by atoms with Crippen molar-refractivity contribution in [1.82, 2.24) is 24.0 Å². The van der Waals surface area contributed by atoms with Crippen molar-refractivity contribution >= 4 is 43.8 Å². The van der Waals surface area contributed by atoms with Gasteiger partial charge in [0.2, 0.25) is 10.0 Å². The molecule has 13 heteroatoms. The zero-order chi connectivity index (χ0) is 29.3. The van der Waals surface area contributed by atoms with E-state index in [9.17, 15) is 22.0 Å². The first kappa shape index (κ1) is 27.3. The number of likely N-dealkylation sites (tertiary alicyclic amines) is 1. The van der Waals surface area contributed by atoms with Crippen LogP contribution in [0, 0.1) is 5.92 Å². The van der Waals surface area contributed by atoms with Crippen LogP contribution in [0.1, 0.15) is 54.9 Å². The molecular weight excluding hydrogens is 564 g/mol. The number of hydrogen-bond donors (Lipinski definition) is 1. The molecule has 0 unspecified atom stereocenters. The molecule has 10 nitrogen and oxygen atoms in total. The van der Waals surface area contributed by atoms with Crippen LogP contribution in [0.3, 0.4) is 0 Å². The number of alkyl halides is 2. The van der Waals surface area contributed by atoms with E-state index in [0.717, 1.165) is 61.8 Å². The number of sulfonamides is 1. The SMILES string of the molecule is CS(=O)(=O)N(c1ccc2cc(-c3nc4cc(C(=O)N5CCC[C@@H](N)C5)ccc4n3C3CC3)n(CC3CC3)c2n1)C(F)F. The highest BCUT2D eigenvalue weighted by Gasteiger charge is 2.33. The topological polar surface area (TPSA) is 119 Å². The summed E-state index contributed by atoms with van der Waals surface area (Å²) >= 11 is 0. The zero-order valence-corrected chi connectivity index (χ0v) is 24.1. The number of benzene rings is 1. The maximum Gasteiger partial charge on any atom is 0.329 e. The number of rotatable bonds is 8. The first-order valence-corrected chi connectivity index (χ1v) is 16.3. The lowest BCUT2D eigenvalue weighted by molar-refractivity contribution is 0.0709.